The molecule has 94 valence electrons. The molecule has 0 bridgehead atoms. The molecular weight excluding hydrogens is 254 g/mol. The first kappa shape index (κ1) is 12.4. The SMILES string of the molecule is CCn1nc(-c2ccccc2Cl)c(N)c1C(=O)O. The number of hydrogen-bond acceptors (Lipinski definition) is 3. The molecule has 3 N–H and O–H groups in total. The van der Waals surface area contributed by atoms with Crippen LogP contribution in [0.5, 0.6) is 0 Å². The molecule has 1 aromatic carbocycles. The van der Waals surface area contributed by atoms with Crippen LogP contribution in [0.25, 0.3) is 11.3 Å². The summed E-state index contributed by atoms with van der Waals surface area (Å²) in [6.07, 6.45) is 0. The molecule has 2 aromatic rings. The molecule has 0 spiro atoms. The van der Waals surface area contributed by atoms with Gasteiger partial charge in [0.15, 0.2) is 5.69 Å². The van der Waals surface area contributed by atoms with Gasteiger partial charge in [0.1, 0.15) is 5.69 Å². The van der Waals surface area contributed by atoms with Gasteiger partial charge in [0, 0.05) is 12.1 Å². The quantitative estimate of drug-likeness (QED) is 0.893. The van der Waals surface area contributed by atoms with Crippen LogP contribution in [-0.4, -0.2) is 20.9 Å². The molecule has 0 unspecified atom stereocenters. The lowest BCUT2D eigenvalue weighted by Crippen LogP contribution is -2.10. The van der Waals surface area contributed by atoms with Crippen LogP contribution in [0.1, 0.15) is 17.4 Å². The molecule has 0 aliphatic heterocycles. The normalized spacial score (nSPS) is 10.6. The van der Waals surface area contributed by atoms with Gasteiger partial charge < -0.3 is 10.8 Å². The van der Waals surface area contributed by atoms with E-state index in [1.165, 1.54) is 4.68 Å². The number of nitrogens with zero attached hydrogens (tertiary/aromatic N) is 2. The molecule has 0 fully saturated rings. The van der Waals surface area contributed by atoms with E-state index in [-0.39, 0.29) is 11.4 Å². The number of carbonyl (C=O) groups is 1. The number of anilines is 1. The van der Waals surface area contributed by atoms with Crippen LogP contribution in [-0.2, 0) is 6.54 Å². The van der Waals surface area contributed by atoms with Gasteiger partial charge >= 0.3 is 5.97 Å². The number of nitrogen functional groups attached to an aromatic ring is 1. The molecule has 0 saturated carbocycles. The van der Waals surface area contributed by atoms with Gasteiger partial charge in [-0.25, -0.2) is 4.79 Å². The second kappa shape index (κ2) is 4.70. The van der Waals surface area contributed by atoms with Crippen molar-refractivity contribution in [1.82, 2.24) is 9.78 Å². The molecule has 18 heavy (non-hydrogen) atoms. The van der Waals surface area contributed by atoms with E-state index in [0.717, 1.165) is 0 Å². The maximum absolute atomic E-state index is 11.2. The first-order valence-corrected chi connectivity index (χ1v) is 5.78. The smallest absolute Gasteiger partial charge is 0.356 e. The summed E-state index contributed by atoms with van der Waals surface area (Å²) in [4.78, 5) is 11.2. The van der Waals surface area contributed by atoms with E-state index in [1.807, 2.05) is 0 Å². The molecule has 0 atom stereocenters. The fraction of sp³-hybridized carbons (Fsp3) is 0.167. The van der Waals surface area contributed by atoms with Crippen LogP contribution in [0.2, 0.25) is 5.02 Å². The molecule has 0 saturated heterocycles. The zero-order valence-electron chi connectivity index (χ0n) is 9.72. The van der Waals surface area contributed by atoms with Crippen molar-refractivity contribution in [2.75, 3.05) is 5.73 Å². The minimum absolute atomic E-state index is 0.00702. The van der Waals surface area contributed by atoms with Gasteiger partial charge in [0.05, 0.1) is 10.7 Å². The Balaban J connectivity index is 2.67. The largest absolute Gasteiger partial charge is 0.476 e. The number of nitrogens with two attached hydrogens (primary N) is 1. The average Bonchev–Trinajstić information content (AvgIpc) is 2.67. The van der Waals surface area contributed by atoms with Crippen molar-refractivity contribution in [3.63, 3.8) is 0 Å². The monoisotopic (exact) mass is 265 g/mol. The zero-order valence-corrected chi connectivity index (χ0v) is 10.5. The third-order valence-corrected chi connectivity index (χ3v) is 2.95. The molecule has 1 heterocycles. The van der Waals surface area contributed by atoms with Crippen molar-refractivity contribution in [2.24, 2.45) is 0 Å². The highest BCUT2D eigenvalue weighted by molar-refractivity contribution is 6.33. The summed E-state index contributed by atoms with van der Waals surface area (Å²) < 4.78 is 1.36. The van der Waals surface area contributed by atoms with E-state index in [2.05, 4.69) is 5.10 Å². The number of aryl methyl sites for hydroxylation is 1. The second-order valence-electron chi connectivity index (χ2n) is 3.71. The van der Waals surface area contributed by atoms with E-state index in [9.17, 15) is 4.79 Å². The van der Waals surface area contributed by atoms with Crippen LogP contribution >= 0.6 is 11.6 Å². The maximum Gasteiger partial charge on any atom is 0.356 e. The molecule has 0 radical (unpaired) electrons. The highest BCUT2D eigenvalue weighted by atomic mass is 35.5. The standard InChI is InChI=1S/C12H12ClN3O2/c1-2-16-11(12(17)18)9(14)10(15-16)7-5-3-4-6-8(7)13/h3-6H,2,14H2,1H3,(H,17,18). The summed E-state index contributed by atoms with van der Waals surface area (Å²) >= 11 is 6.06. The third-order valence-electron chi connectivity index (χ3n) is 2.62. The molecule has 0 aliphatic carbocycles. The Morgan fingerprint density at radius 2 is 2.17 bits per heavy atom. The highest BCUT2D eigenvalue weighted by Crippen LogP contribution is 2.32. The van der Waals surface area contributed by atoms with E-state index < -0.39 is 5.97 Å². The Morgan fingerprint density at radius 3 is 2.67 bits per heavy atom. The van der Waals surface area contributed by atoms with Gasteiger partial charge in [0.25, 0.3) is 0 Å². The van der Waals surface area contributed by atoms with Crippen molar-refractivity contribution < 1.29 is 9.90 Å². The lowest BCUT2D eigenvalue weighted by molar-refractivity contribution is 0.0684. The van der Waals surface area contributed by atoms with Crippen molar-refractivity contribution >= 4 is 23.3 Å². The number of carboxylic acids is 1. The van der Waals surface area contributed by atoms with Gasteiger partial charge in [0.2, 0.25) is 0 Å². The Labute approximate surface area is 109 Å². The number of benzene rings is 1. The fourth-order valence-electron chi connectivity index (χ4n) is 1.78. The van der Waals surface area contributed by atoms with Crippen LogP contribution in [0.4, 0.5) is 5.69 Å². The van der Waals surface area contributed by atoms with Crippen molar-refractivity contribution in [1.29, 1.82) is 0 Å². The fourth-order valence-corrected chi connectivity index (χ4v) is 2.01. The predicted molar refractivity (Wildman–Crippen MR) is 69.7 cm³/mol. The van der Waals surface area contributed by atoms with E-state index >= 15 is 0 Å². The zero-order chi connectivity index (χ0) is 13.3. The molecule has 6 heteroatoms. The highest BCUT2D eigenvalue weighted by Gasteiger charge is 2.22. The van der Waals surface area contributed by atoms with Crippen molar-refractivity contribution in [2.45, 2.75) is 13.5 Å². The van der Waals surface area contributed by atoms with Crippen LogP contribution in [0.15, 0.2) is 24.3 Å². The Kier molecular flexibility index (Phi) is 3.25. The number of halogens is 1. The van der Waals surface area contributed by atoms with E-state index in [1.54, 1.807) is 31.2 Å². The minimum Gasteiger partial charge on any atom is -0.476 e. The minimum atomic E-state index is -1.10. The third kappa shape index (κ3) is 1.93. The number of aromatic carboxylic acids is 1. The molecular formula is C12H12ClN3O2. The molecule has 5 nitrogen and oxygen atoms in total. The summed E-state index contributed by atoms with van der Waals surface area (Å²) in [5.74, 6) is -1.10. The molecule has 2 rings (SSSR count). The Morgan fingerprint density at radius 1 is 1.50 bits per heavy atom. The molecule has 0 aliphatic rings. The topological polar surface area (TPSA) is 81.1 Å². The first-order chi connectivity index (χ1) is 8.56. The average molecular weight is 266 g/mol. The summed E-state index contributed by atoms with van der Waals surface area (Å²) in [7, 11) is 0. The lowest BCUT2D eigenvalue weighted by Gasteiger charge is -2.00. The van der Waals surface area contributed by atoms with Gasteiger partial charge in [-0.15, -0.1) is 0 Å². The second-order valence-corrected chi connectivity index (χ2v) is 4.12. The number of aromatic nitrogens is 2. The van der Waals surface area contributed by atoms with Gasteiger partial charge in [-0.2, -0.15) is 5.10 Å². The Hall–Kier alpha value is -2.01. The molecule has 0 amide bonds. The van der Waals surface area contributed by atoms with Crippen LogP contribution in [0, 0.1) is 0 Å². The number of hydrogen-bond donors (Lipinski definition) is 2. The maximum atomic E-state index is 11.2. The number of carboxylic acid groups (broad SMARTS) is 1. The van der Waals surface area contributed by atoms with E-state index in [4.69, 9.17) is 22.4 Å². The van der Waals surface area contributed by atoms with Gasteiger partial charge in [-0.05, 0) is 13.0 Å². The van der Waals surface area contributed by atoms with Gasteiger partial charge in [-0.3, -0.25) is 4.68 Å². The van der Waals surface area contributed by atoms with Crippen LogP contribution in [0.3, 0.4) is 0 Å². The van der Waals surface area contributed by atoms with E-state index in [0.29, 0.717) is 22.8 Å². The summed E-state index contributed by atoms with van der Waals surface area (Å²) in [5.41, 5.74) is 7.02. The number of rotatable bonds is 3. The predicted octanol–water partition coefficient (Wildman–Crippen LogP) is 2.50. The van der Waals surface area contributed by atoms with Crippen LogP contribution < -0.4 is 5.73 Å². The summed E-state index contributed by atoms with van der Waals surface area (Å²) in [6, 6.07) is 7.05. The van der Waals surface area contributed by atoms with Crippen molar-refractivity contribution in [3.05, 3.63) is 35.0 Å². The Bertz CT molecular complexity index is 607. The first-order valence-electron chi connectivity index (χ1n) is 5.40. The summed E-state index contributed by atoms with van der Waals surface area (Å²) in [6.45, 7) is 2.23. The van der Waals surface area contributed by atoms with Crippen molar-refractivity contribution in [3.8, 4) is 11.3 Å². The summed E-state index contributed by atoms with van der Waals surface area (Å²) in [5, 5.41) is 13.8. The molecule has 1 aromatic heterocycles. The van der Waals surface area contributed by atoms with Gasteiger partial charge in [-0.1, -0.05) is 29.8 Å². The lowest BCUT2D eigenvalue weighted by atomic mass is 10.1.